The first kappa shape index (κ1) is 12.1. The predicted octanol–water partition coefficient (Wildman–Crippen LogP) is 1.05. The van der Waals surface area contributed by atoms with Crippen LogP contribution in [-0.2, 0) is 0 Å². The summed E-state index contributed by atoms with van der Waals surface area (Å²) in [6.07, 6.45) is 2.68. The number of hydrogen-bond donors (Lipinski definition) is 2. The van der Waals surface area contributed by atoms with Crippen LogP contribution in [0.3, 0.4) is 0 Å². The zero-order valence-electron chi connectivity index (χ0n) is 9.20. The fourth-order valence-corrected chi connectivity index (χ4v) is 1.44. The lowest BCUT2D eigenvalue weighted by atomic mass is 10.1. The summed E-state index contributed by atoms with van der Waals surface area (Å²) in [6, 6.07) is 5.90. The lowest BCUT2D eigenvalue weighted by molar-refractivity contribution is 0.103. The molecular weight excluding hydrogens is 250 g/mol. The number of aromatic hydroxyl groups is 1. The Morgan fingerprint density at radius 2 is 1.67 bits per heavy atom. The largest absolute Gasteiger partial charge is 0.508 e. The number of thiocarbonyl (C=S) groups is 1. The molecule has 0 bridgehead atoms. The fraction of sp³-hybridized carbons (Fsp3) is 0. The second-order valence-corrected chi connectivity index (χ2v) is 3.97. The van der Waals surface area contributed by atoms with E-state index in [0.29, 0.717) is 11.3 Å². The molecule has 0 atom stereocenters. The van der Waals surface area contributed by atoms with Crippen molar-refractivity contribution < 1.29 is 9.90 Å². The van der Waals surface area contributed by atoms with Gasteiger partial charge < -0.3 is 10.8 Å². The van der Waals surface area contributed by atoms with Crippen molar-refractivity contribution in [2.24, 2.45) is 5.73 Å². The Kier molecular flexibility index (Phi) is 3.29. The van der Waals surface area contributed by atoms with Gasteiger partial charge in [-0.25, -0.2) is 9.97 Å². The van der Waals surface area contributed by atoms with Gasteiger partial charge in [0.15, 0.2) is 0 Å². The molecule has 0 aliphatic carbocycles. The molecule has 6 heteroatoms. The molecule has 0 spiro atoms. The van der Waals surface area contributed by atoms with E-state index >= 15 is 0 Å². The van der Waals surface area contributed by atoms with Crippen molar-refractivity contribution in [2.45, 2.75) is 0 Å². The zero-order chi connectivity index (χ0) is 13.1. The quantitative estimate of drug-likeness (QED) is 0.632. The molecule has 0 radical (unpaired) electrons. The second kappa shape index (κ2) is 4.89. The van der Waals surface area contributed by atoms with E-state index in [2.05, 4.69) is 9.97 Å². The Morgan fingerprint density at radius 1 is 1.11 bits per heavy atom. The van der Waals surface area contributed by atoms with Crippen LogP contribution >= 0.6 is 12.2 Å². The van der Waals surface area contributed by atoms with Crippen LogP contribution in [-0.4, -0.2) is 25.8 Å². The van der Waals surface area contributed by atoms with E-state index in [1.54, 1.807) is 0 Å². The van der Waals surface area contributed by atoms with Gasteiger partial charge in [0, 0.05) is 5.56 Å². The second-order valence-electron chi connectivity index (χ2n) is 3.53. The van der Waals surface area contributed by atoms with Crippen LogP contribution in [0, 0.1) is 0 Å². The molecule has 90 valence electrons. The van der Waals surface area contributed by atoms with E-state index < -0.39 is 0 Å². The number of rotatable bonds is 3. The third-order valence-electron chi connectivity index (χ3n) is 2.27. The van der Waals surface area contributed by atoms with Crippen molar-refractivity contribution in [2.75, 3.05) is 0 Å². The Labute approximate surface area is 108 Å². The molecule has 1 aromatic carbocycles. The Hall–Kier alpha value is -2.34. The van der Waals surface area contributed by atoms with Crippen molar-refractivity contribution in [3.63, 3.8) is 0 Å². The topological polar surface area (TPSA) is 89.1 Å². The first-order valence-electron chi connectivity index (χ1n) is 5.03. The number of hydrogen-bond acceptors (Lipinski definition) is 5. The van der Waals surface area contributed by atoms with E-state index in [-0.39, 0.29) is 22.2 Å². The predicted molar refractivity (Wildman–Crippen MR) is 69.5 cm³/mol. The highest BCUT2D eigenvalue weighted by atomic mass is 32.1. The number of aromatic nitrogens is 2. The molecule has 0 aliphatic rings. The lowest BCUT2D eigenvalue weighted by Gasteiger charge is -2.01. The van der Waals surface area contributed by atoms with E-state index in [0.717, 1.165) is 0 Å². The number of nitrogens with zero attached hydrogens (tertiary/aromatic N) is 2. The summed E-state index contributed by atoms with van der Waals surface area (Å²) in [6.45, 7) is 0. The molecule has 3 N–H and O–H groups in total. The molecule has 0 saturated carbocycles. The van der Waals surface area contributed by atoms with Gasteiger partial charge in [0.1, 0.15) is 22.1 Å². The van der Waals surface area contributed by atoms with Crippen molar-refractivity contribution in [1.82, 2.24) is 9.97 Å². The van der Waals surface area contributed by atoms with Gasteiger partial charge in [-0.05, 0) is 24.3 Å². The molecule has 2 rings (SSSR count). The van der Waals surface area contributed by atoms with Gasteiger partial charge in [0.05, 0.1) is 12.4 Å². The van der Waals surface area contributed by atoms with Crippen molar-refractivity contribution >= 4 is 23.0 Å². The summed E-state index contributed by atoms with van der Waals surface area (Å²) < 4.78 is 0. The van der Waals surface area contributed by atoms with Crippen LogP contribution in [0.25, 0.3) is 0 Å². The molecule has 18 heavy (non-hydrogen) atoms. The summed E-state index contributed by atoms with van der Waals surface area (Å²) in [5.74, 6) is -0.182. The smallest absolute Gasteiger partial charge is 0.212 e. The van der Waals surface area contributed by atoms with Crippen LogP contribution in [0.1, 0.15) is 21.7 Å². The lowest BCUT2D eigenvalue weighted by Crippen LogP contribution is -2.13. The third-order valence-corrected chi connectivity index (χ3v) is 2.48. The van der Waals surface area contributed by atoms with Gasteiger partial charge in [-0.3, -0.25) is 4.79 Å². The van der Waals surface area contributed by atoms with Crippen molar-refractivity contribution in [3.05, 3.63) is 53.6 Å². The highest BCUT2D eigenvalue weighted by Crippen LogP contribution is 2.12. The minimum Gasteiger partial charge on any atom is -0.508 e. The summed E-state index contributed by atoms with van der Waals surface area (Å²) in [7, 11) is 0. The Balaban J connectivity index is 2.28. The van der Waals surface area contributed by atoms with E-state index in [1.807, 2.05) is 0 Å². The minimum absolute atomic E-state index is 0.0986. The van der Waals surface area contributed by atoms with Gasteiger partial charge >= 0.3 is 0 Å². The van der Waals surface area contributed by atoms with E-state index in [1.165, 1.54) is 36.7 Å². The first-order chi connectivity index (χ1) is 8.58. The molecule has 1 aromatic heterocycles. The zero-order valence-corrected chi connectivity index (χ0v) is 10.0. The fourth-order valence-electron chi connectivity index (χ4n) is 1.33. The summed E-state index contributed by atoms with van der Waals surface area (Å²) in [5.41, 5.74) is 6.37. The van der Waals surface area contributed by atoms with Gasteiger partial charge in [-0.15, -0.1) is 0 Å². The number of carbonyl (C=O) groups is 1. The molecule has 0 saturated heterocycles. The van der Waals surface area contributed by atoms with E-state index in [9.17, 15) is 4.79 Å². The van der Waals surface area contributed by atoms with Crippen LogP contribution in [0.2, 0.25) is 0 Å². The molecule has 0 fully saturated rings. The molecule has 0 aliphatic heterocycles. The molecule has 0 amide bonds. The maximum atomic E-state index is 12.0. The van der Waals surface area contributed by atoms with Gasteiger partial charge in [0.2, 0.25) is 5.78 Å². The standard InChI is InChI=1S/C12H9N3O2S/c13-12(18)10-6-14-9(5-15-10)11(17)7-1-3-8(16)4-2-7/h1-6,16H,(H2,13,18). The number of nitrogens with two attached hydrogens (primary N) is 1. The normalized spacial score (nSPS) is 10.0. The van der Waals surface area contributed by atoms with E-state index in [4.69, 9.17) is 23.1 Å². The first-order valence-corrected chi connectivity index (χ1v) is 5.44. The highest BCUT2D eigenvalue weighted by molar-refractivity contribution is 7.80. The Bertz CT molecular complexity index is 594. The number of carbonyl (C=O) groups excluding carboxylic acids is 1. The van der Waals surface area contributed by atoms with Crippen LogP contribution < -0.4 is 5.73 Å². The average molecular weight is 259 g/mol. The van der Waals surface area contributed by atoms with Crippen LogP contribution in [0.4, 0.5) is 0 Å². The SMILES string of the molecule is NC(=S)c1cnc(C(=O)c2ccc(O)cc2)cn1. The molecule has 0 unspecified atom stereocenters. The van der Waals surface area contributed by atoms with Gasteiger partial charge in [-0.2, -0.15) is 0 Å². The van der Waals surface area contributed by atoms with Crippen LogP contribution in [0.15, 0.2) is 36.7 Å². The highest BCUT2D eigenvalue weighted by Gasteiger charge is 2.11. The minimum atomic E-state index is -0.281. The summed E-state index contributed by atoms with van der Waals surface area (Å²) >= 11 is 4.74. The van der Waals surface area contributed by atoms with Crippen molar-refractivity contribution in [3.8, 4) is 5.75 Å². The average Bonchev–Trinajstić information content (AvgIpc) is 2.39. The molecular formula is C12H9N3O2S. The summed E-state index contributed by atoms with van der Waals surface area (Å²) in [4.78, 5) is 20.0. The maximum absolute atomic E-state index is 12.0. The number of phenolic OH excluding ortho intramolecular Hbond substituents is 1. The maximum Gasteiger partial charge on any atom is 0.212 e. The Morgan fingerprint density at radius 3 is 2.17 bits per heavy atom. The molecule has 5 nitrogen and oxygen atoms in total. The van der Waals surface area contributed by atoms with Gasteiger partial charge in [0.25, 0.3) is 0 Å². The number of benzene rings is 1. The monoisotopic (exact) mass is 259 g/mol. The van der Waals surface area contributed by atoms with Crippen LogP contribution in [0.5, 0.6) is 5.75 Å². The third kappa shape index (κ3) is 2.49. The summed E-state index contributed by atoms with van der Waals surface area (Å²) in [5, 5.41) is 9.14. The number of phenols is 1. The van der Waals surface area contributed by atoms with Crippen molar-refractivity contribution in [1.29, 1.82) is 0 Å². The molecule has 2 aromatic rings. The molecule has 1 heterocycles. The van der Waals surface area contributed by atoms with Gasteiger partial charge in [-0.1, -0.05) is 12.2 Å². The number of ketones is 1.